The maximum Gasteiger partial charge on any atom is 0.246 e. The second-order valence-electron chi connectivity index (χ2n) is 4.17. The van der Waals surface area contributed by atoms with Gasteiger partial charge in [0.25, 0.3) is 0 Å². The molecule has 1 aromatic rings. The molecule has 1 rings (SSSR count). The lowest BCUT2D eigenvalue weighted by Gasteiger charge is -2.22. The minimum Gasteiger partial charge on any atom is -0.389 e. The summed E-state index contributed by atoms with van der Waals surface area (Å²) in [5.74, 6) is -0.333. The highest BCUT2D eigenvalue weighted by Gasteiger charge is 2.24. The Balaban J connectivity index is 2.48. The summed E-state index contributed by atoms with van der Waals surface area (Å²) in [6.45, 7) is 3.79. The van der Waals surface area contributed by atoms with Gasteiger partial charge in [0.2, 0.25) is 5.91 Å². The largest absolute Gasteiger partial charge is 0.389 e. The van der Waals surface area contributed by atoms with E-state index in [0.29, 0.717) is 13.0 Å². The van der Waals surface area contributed by atoms with Gasteiger partial charge in [-0.15, -0.1) is 0 Å². The second kappa shape index (κ2) is 6.32. The van der Waals surface area contributed by atoms with E-state index in [9.17, 15) is 9.90 Å². The molecule has 2 N–H and O–H groups in total. The van der Waals surface area contributed by atoms with E-state index in [-0.39, 0.29) is 12.3 Å². The van der Waals surface area contributed by atoms with Crippen LogP contribution < -0.4 is 5.48 Å². The number of pyridine rings is 1. The highest BCUT2D eigenvalue weighted by atomic mass is 16.6. The molecular weight excluding hydrogens is 220 g/mol. The van der Waals surface area contributed by atoms with Crippen molar-refractivity contribution >= 4 is 5.91 Å². The van der Waals surface area contributed by atoms with E-state index < -0.39 is 5.60 Å². The lowest BCUT2D eigenvalue weighted by Crippen LogP contribution is -2.36. The quantitative estimate of drug-likeness (QED) is 0.720. The maximum atomic E-state index is 11.4. The Labute approximate surface area is 101 Å². The van der Waals surface area contributed by atoms with Crippen molar-refractivity contribution < 1.29 is 14.7 Å². The summed E-state index contributed by atoms with van der Waals surface area (Å²) in [6, 6.07) is 3.66. The first-order valence-corrected chi connectivity index (χ1v) is 5.55. The molecule has 0 radical (unpaired) electrons. The molecule has 5 nitrogen and oxygen atoms in total. The second-order valence-corrected chi connectivity index (χ2v) is 4.17. The van der Waals surface area contributed by atoms with Crippen LogP contribution in [0.2, 0.25) is 0 Å². The van der Waals surface area contributed by atoms with E-state index in [1.54, 1.807) is 32.3 Å². The third-order valence-corrected chi connectivity index (χ3v) is 2.18. The van der Waals surface area contributed by atoms with Crippen molar-refractivity contribution in [3.05, 3.63) is 30.1 Å². The molecule has 1 unspecified atom stereocenters. The van der Waals surface area contributed by atoms with Crippen LogP contribution in [-0.2, 0) is 16.1 Å². The van der Waals surface area contributed by atoms with Gasteiger partial charge < -0.3 is 5.11 Å². The van der Waals surface area contributed by atoms with Crippen molar-refractivity contribution in [2.24, 2.45) is 0 Å². The molecule has 0 bridgehead atoms. The number of hydrogen-bond donors (Lipinski definition) is 2. The minimum atomic E-state index is -1.11. The number of nitrogens with zero attached hydrogens (tertiary/aromatic N) is 1. The van der Waals surface area contributed by atoms with Crippen molar-refractivity contribution in [1.29, 1.82) is 0 Å². The normalized spacial score (nSPS) is 14.1. The highest BCUT2D eigenvalue weighted by molar-refractivity contribution is 5.75. The van der Waals surface area contributed by atoms with Gasteiger partial charge >= 0.3 is 0 Å². The molecule has 0 fully saturated rings. The van der Waals surface area contributed by atoms with Gasteiger partial charge in [-0.3, -0.25) is 14.6 Å². The molecule has 0 aromatic carbocycles. The van der Waals surface area contributed by atoms with Crippen molar-refractivity contribution in [1.82, 2.24) is 10.5 Å². The summed E-state index contributed by atoms with van der Waals surface area (Å²) in [7, 11) is 0. The first-order chi connectivity index (χ1) is 8.03. The molecule has 0 aliphatic heterocycles. The predicted octanol–water partition coefficient (Wildman–Crippen LogP) is 0.833. The van der Waals surface area contributed by atoms with E-state index >= 15 is 0 Å². The number of amides is 1. The van der Waals surface area contributed by atoms with E-state index in [4.69, 9.17) is 4.84 Å². The number of aliphatic hydroxyl groups is 1. The van der Waals surface area contributed by atoms with Gasteiger partial charge in [-0.05, 0) is 25.5 Å². The molecule has 0 aliphatic rings. The van der Waals surface area contributed by atoms with Crippen LogP contribution in [0.1, 0.15) is 25.8 Å². The zero-order valence-corrected chi connectivity index (χ0v) is 10.1. The topological polar surface area (TPSA) is 71.5 Å². The number of hydrogen-bond acceptors (Lipinski definition) is 4. The van der Waals surface area contributed by atoms with Gasteiger partial charge in [-0.1, -0.05) is 6.07 Å². The summed E-state index contributed by atoms with van der Waals surface area (Å²) in [5.41, 5.74) is 2.04. The van der Waals surface area contributed by atoms with Crippen LogP contribution in [0.4, 0.5) is 0 Å². The molecule has 1 aromatic heterocycles. The molecule has 1 heterocycles. The zero-order valence-electron chi connectivity index (χ0n) is 10.1. The molecule has 1 atom stereocenters. The Kier molecular flexibility index (Phi) is 5.06. The Morgan fingerprint density at radius 2 is 2.41 bits per heavy atom. The van der Waals surface area contributed by atoms with Crippen LogP contribution >= 0.6 is 0 Å². The molecular formula is C12H18N2O3. The fraction of sp³-hybridized carbons (Fsp3) is 0.500. The number of aromatic nitrogens is 1. The van der Waals surface area contributed by atoms with E-state index in [1.807, 2.05) is 6.07 Å². The van der Waals surface area contributed by atoms with Crippen LogP contribution in [0.5, 0.6) is 0 Å². The number of carbonyl (C=O) groups excluding carboxylic acids is 1. The molecule has 0 aliphatic carbocycles. The third-order valence-electron chi connectivity index (χ3n) is 2.18. The molecule has 0 saturated carbocycles. The SMILES string of the molecule is CCONC(=O)CC(C)(O)Cc1cccnc1. The monoisotopic (exact) mass is 238 g/mol. The van der Waals surface area contributed by atoms with E-state index in [1.165, 1.54) is 0 Å². The molecule has 94 valence electrons. The standard InChI is InChI=1S/C12H18N2O3/c1-3-17-14-11(15)8-12(2,16)7-10-5-4-6-13-9-10/h4-6,9,16H,3,7-8H2,1-2H3,(H,14,15). The predicted molar refractivity (Wildman–Crippen MR) is 63.0 cm³/mol. The van der Waals surface area contributed by atoms with Gasteiger partial charge in [0, 0.05) is 18.8 Å². The number of hydroxylamine groups is 1. The number of carbonyl (C=O) groups is 1. The lowest BCUT2D eigenvalue weighted by atomic mass is 9.94. The van der Waals surface area contributed by atoms with Gasteiger partial charge in [0.15, 0.2) is 0 Å². The Bertz CT molecular complexity index is 352. The third kappa shape index (κ3) is 5.42. The zero-order chi connectivity index (χ0) is 12.7. The van der Waals surface area contributed by atoms with Crippen LogP contribution in [0.25, 0.3) is 0 Å². The van der Waals surface area contributed by atoms with Gasteiger partial charge in [-0.25, -0.2) is 5.48 Å². The minimum absolute atomic E-state index is 0.0120. The Morgan fingerprint density at radius 1 is 1.65 bits per heavy atom. The lowest BCUT2D eigenvalue weighted by molar-refractivity contribution is -0.137. The van der Waals surface area contributed by atoms with E-state index in [0.717, 1.165) is 5.56 Å². The van der Waals surface area contributed by atoms with Crippen LogP contribution in [0.15, 0.2) is 24.5 Å². The summed E-state index contributed by atoms with van der Waals surface area (Å²) < 4.78 is 0. The van der Waals surface area contributed by atoms with Crippen LogP contribution in [0.3, 0.4) is 0 Å². The fourth-order valence-corrected chi connectivity index (χ4v) is 1.54. The number of rotatable bonds is 6. The van der Waals surface area contributed by atoms with Crippen molar-refractivity contribution in [2.75, 3.05) is 6.61 Å². The van der Waals surface area contributed by atoms with Gasteiger partial charge in [0.05, 0.1) is 18.6 Å². The van der Waals surface area contributed by atoms with Crippen LogP contribution in [-0.4, -0.2) is 28.2 Å². The average molecular weight is 238 g/mol. The summed E-state index contributed by atoms with van der Waals surface area (Å²) >= 11 is 0. The van der Waals surface area contributed by atoms with E-state index in [2.05, 4.69) is 10.5 Å². The highest BCUT2D eigenvalue weighted by Crippen LogP contribution is 2.16. The van der Waals surface area contributed by atoms with Crippen LogP contribution in [0, 0.1) is 0 Å². The maximum absolute atomic E-state index is 11.4. The van der Waals surface area contributed by atoms with Crippen molar-refractivity contribution in [3.8, 4) is 0 Å². The number of nitrogens with one attached hydrogen (secondary N) is 1. The molecule has 0 saturated heterocycles. The van der Waals surface area contributed by atoms with Crippen molar-refractivity contribution in [3.63, 3.8) is 0 Å². The summed E-state index contributed by atoms with van der Waals surface area (Å²) in [4.78, 5) is 20.1. The fourth-order valence-electron chi connectivity index (χ4n) is 1.54. The van der Waals surface area contributed by atoms with Crippen molar-refractivity contribution in [2.45, 2.75) is 32.3 Å². The summed E-state index contributed by atoms with van der Waals surface area (Å²) in [6.07, 6.45) is 3.71. The molecule has 5 heteroatoms. The Morgan fingerprint density at radius 3 is 3.00 bits per heavy atom. The Hall–Kier alpha value is -1.46. The molecule has 0 spiro atoms. The molecule has 17 heavy (non-hydrogen) atoms. The smallest absolute Gasteiger partial charge is 0.246 e. The van der Waals surface area contributed by atoms with Gasteiger partial charge in [-0.2, -0.15) is 0 Å². The molecule has 1 amide bonds. The first-order valence-electron chi connectivity index (χ1n) is 5.55. The van der Waals surface area contributed by atoms with Gasteiger partial charge in [0.1, 0.15) is 0 Å². The summed E-state index contributed by atoms with van der Waals surface area (Å²) in [5, 5.41) is 10.1. The first kappa shape index (κ1) is 13.6. The average Bonchev–Trinajstić information content (AvgIpc) is 2.26.